The van der Waals surface area contributed by atoms with Crippen LogP contribution in [-0.2, 0) is 22.3 Å². The number of unbranched alkanes of at least 4 members (excludes halogenated alkanes) is 4. The second-order valence-corrected chi connectivity index (χ2v) is 21.6. The van der Waals surface area contributed by atoms with Crippen molar-refractivity contribution in [2.45, 2.75) is 82.8 Å². The summed E-state index contributed by atoms with van der Waals surface area (Å²) < 4.78 is 18.8. The predicted molar refractivity (Wildman–Crippen MR) is 259 cm³/mol. The van der Waals surface area contributed by atoms with Crippen molar-refractivity contribution in [1.82, 2.24) is 30.0 Å². The Kier molecular flexibility index (Phi) is 15.1. The van der Waals surface area contributed by atoms with Gasteiger partial charge in [0.1, 0.15) is 23.6 Å². The number of piperidine rings is 2. The Morgan fingerprint density at radius 3 is 2.44 bits per heavy atom. The van der Waals surface area contributed by atoms with Crippen LogP contribution in [0.3, 0.4) is 0 Å². The number of fused-ring (bicyclic) bond motifs is 1. The highest BCUT2D eigenvalue weighted by atomic mass is 35.5. The first-order valence-electron chi connectivity index (χ1n) is 23.1. The molecule has 0 radical (unpaired) electrons. The van der Waals surface area contributed by atoms with E-state index in [1.54, 1.807) is 26.6 Å². The monoisotopic (exact) mass is 893 g/mol. The number of methoxy groups -OCH3 is 1. The summed E-state index contributed by atoms with van der Waals surface area (Å²) in [7, 11) is -0.850. The van der Waals surface area contributed by atoms with Crippen molar-refractivity contribution in [3.8, 4) is 5.75 Å². The van der Waals surface area contributed by atoms with Crippen molar-refractivity contribution in [3.05, 3.63) is 88.6 Å². The van der Waals surface area contributed by atoms with Crippen molar-refractivity contribution in [2.24, 2.45) is 0 Å². The van der Waals surface area contributed by atoms with Crippen LogP contribution < -0.4 is 30.9 Å². The van der Waals surface area contributed by atoms with Crippen molar-refractivity contribution < 1.29 is 14.1 Å². The lowest BCUT2D eigenvalue weighted by molar-refractivity contribution is 0.0839. The van der Waals surface area contributed by atoms with E-state index in [0.29, 0.717) is 40.3 Å². The van der Waals surface area contributed by atoms with Crippen LogP contribution in [0.4, 0.5) is 28.8 Å². The van der Waals surface area contributed by atoms with Gasteiger partial charge < -0.3 is 40.0 Å². The van der Waals surface area contributed by atoms with Gasteiger partial charge in [0, 0.05) is 87.1 Å². The number of halogens is 1. The van der Waals surface area contributed by atoms with E-state index in [1.807, 2.05) is 30.3 Å². The van der Waals surface area contributed by atoms with Crippen molar-refractivity contribution in [2.75, 3.05) is 94.9 Å². The second-order valence-electron chi connectivity index (χ2n) is 18.0. The third-order valence-electron chi connectivity index (χ3n) is 13.5. The van der Waals surface area contributed by atoms with Crippen molar-refractivity contribution in [3.63, 3.8) is 0 Å². The molecule has 0 aliphatic carbocycles. The topological polar surface area (TPSA) is 118 Å². The minimum atomic E-state index is -2.53. The second kappa shape index (κ2) is 21.1. The molecule has 3 fully saturated rings. The van der Waals surface area contributed by atoms with E-state index < -0.39 is 7.14 Å². The molecule has 0 bridgehead atoms. The molecule has 8 rings (SSSR count). The van der Waals surface area contributed by atoms with Gasteiger partial charge in [-0.25, -0.2) is 9.78 Å². The number of aromatic nitrogens is 2. The van der Waals surface area contributed by atoms with E-state index in [-0.39, 0.29) is 0 Å². The average molecular weight is 895 g/mol. The Morgan fingerprint density at radius 2 is 1.68 bits per heavy atom. The summed E-state index contributed by atoms with van der Waals surface area (Å²) in [5.74, 6) is 3.80. The van der Waals surface area contributed by atoms with Crippen LogP contribution in [0.25, 0.3) is 5.70 Å². The molecule has 4 aliphatic rings. The molecule has 336 valence electrons. The summed E-state index contributed by atoms with van der Waals surface area (Å²) in [6.07, 6.45) is 13.6. The predicted octanol–water partition coefficient (Wildman–Crippen LogP) is 8.39. The largest absolute Gasteiger partial charge is 0.494 e. The van der Waals surface area contributed by atoms with Crippen LogP contribution in [-0.4, -0.2) is 122 Å². The molecule has 0 spiro atoms. The third kappa shape index (κ3) is 11.1. The lowest BCUT2D eigenvalue weighted by atomic mass is 9.97. The van der Waals surface area contributed by atoms with Crippen molar-refractivity contribution in [1.29, 1.82) is 0 Å². The van der Waals surface area contributed by atoms with Gasteiger partial charge in [-0.15, -0.1) is 0 Å². The zero-order valence-corrected chi connectivity index (χ0v) is 39.0. The van der Waals surface area contributed by atoms with E-state index in [1.165, 1.54) is 49.8 Å². The number of carbonyl (C=O) groups excluding carboxylic acids is 1. The molecule has 1 atom stereocenters. The molecule has 3 aromatic carbocycles. The van der Waals surface area contributed by atoms with Crippen LogP contribution in [0.1, 0.15) is 74.5 Å². The number of benzene rings is 3. The number of nitrogens with one attached hydrogen (secondary N) is 3. The van der Waals surface area contributed by atoms with Crippen LogP contribution in [0, 0.1) is 0 Å². The molecule has 14 heteroatoms. The van der Waals surface area contributed by atoms with E-state index in [2.05, 4.69) is 81.8 Å². The summed E-state index contributed by atoms with van der Waals surface area (Å²) >= 11 is 6.50. The molecule has 3 N–H and O–H groups in total. The zero-order valence-electron chi connectivity index (χ0n) is 37.4. The smallest absolute Gasteiger partial charge is 0.229 e. The van der Waals surface area contributed by atoms with Gasteiger partial charge in [0.05, 0.1) is 24.7 Å². The molecule has 63 heavy (non-hydrogen) atoms. The maximum atomic E-state index is 12.9. The number of para-hydroxylation sites is 1. The van der Waals surface area contributed by atoms with Crippen LogP contribution in [0.2, 0.25) is 5.02 Å². The number of hydrogen-bond acceptors (Lipinski definition) is 12. The van der Waals surface area contributed by atoms with E-state index in [9.17, 15) is 9.36 Å². The fraction of sp³-hybridized carbons (Fsp3) is 0.510. The van der Waals surface area contributed by atoms with E-state index >= 15 is 0 Å². The molecule has 5 heterocycles. The minimum Gasteiger partial charge on any atom is -0.494 e. The highest BCUT2D eigenvalue weighted by Gasteiger charge is 2.33. The number of piperazine rings is 1. The fourth-order valence-electron chi connectivity index (χ4n) is 10.0. The summed E-state index contributed by atoms with van der Waals surface area (Å²) in [6, 6.07) is 21.3. The average Bonchev–Trinajstić information content (AvgIpc) is 3.70. The van der Waals surface area contributed by atoms with Crippen LogP contribution in [0.5, 0.6) is 5.75 Å². The number of rotatable bonds is 17. The number of anilines is 5. The molecule has 1 unspecified atom stereocenters. The number of ether oxygens (including phenoxy) is 1. The first-order valence-corrected chi connectivity index (χ1v) is 26.1. The SMILES string of the molecule is COc1cc(N2CCC(N3CCN(CCCCCCCc4cccc5c4CN(C4CCCNC4)C5=C=O)CC3)CC2)ccc1Nc1ncc(Cl)c(Nc2ccccc2P(C)(C)=O)n1. The fourth-order valence-corrected chi connectivity index (χ4v) is 11.3. The summed E-state index contributed by atoms with van der Waals surface area (Å²) in [5, 5.41) is 11.2. The normalized spacial score (nSPS) is 18.9. The van der Waals surface area contributed by atoms with Gasteiger partial charge >= 0.3 is 0 Å². The standard InChI is InChI=1S/C49H65ClN9O3P/c1-62-46-31-38(19-20-43(46)54-49-52-33-42(50)48(55-49)53-44-17-8-9-18-47(44)63(2,3)61)57-25-21-37(22-26-57)58-29-27-56(28-30-58)24-10-6-4-5-7-13-36-14-11-16-40-41(36)34-59(45(40)35-60)39-15-12-23-51-32-39/h8-9,11,14,16-20,31,33,37,39,51H,4-7,10,12-13,15,21-30,32,34H2,1-3H3,(H2,52,53,54,55). The van der Waals surface area contributed by atoms with Gasteiger partial charge in [0.15, 0.2) is 11.8 Å². The minimum absolute atomic E-state index is 0.361. The van der Waals surface area contributed by atoms with Gasteiger partial charge in [-0.1, -0.05) is 61.2 Å². The van der Waals surface area contributed by atoms with Gasteiger partial charge in [0.2, 0.25) is 5.95 Å². The highest BCUT2D eigenvalue weighted by Crippen LogP contribution is 2.40. The third-order valence-corrected chi connectivity index (χ3v) is 15.4. The highest BCUT2D eigenvalue weighted by molar-refractivity contribution is 7.70. The Balaban J connectivity index is 0.736. The van der Waals surface area contributed by atoms with Gasteiger partial charge in [-0.05, 0) is 107 Å². The molecular weight excluding hydrogens is 829 g/mol. The summed E-state index contributed by atoms with van der Waals surface area (Å²) in [5.41, 5.74) is 7.26. The molecule has 4 aromatic rings. The number of nitrogens with zero attached hydrogens (tertiary/aromatic N) is 6. The number of hydrogen-bond donors (Lipinski definition) is 3. The van der Waals surface area contributed by atoms with Gasteiger partial charge in [-0.2, -0.15) is 4.98 Å². The quantitative estimate of drug-likeness (QED) is 0.0537. The number of aryl methyl sites for hydroxylation is 1. The lowest BCUT2D eigenvalue weighted by Crippen LogP contribution is -2.53. The molecule has 12 nitrogen and oxygen atoms in total. The van der Waals surface area contributed by atoms with Crippen LogP contribution >= 0.6 is 18.7 Å². The van der Waals surface area contributed by atoms with Crippen LogP contribution in [0.15, 0.2) is 66.9 Å². The molecular formula is C49H65ClN9O3P. The maximum Gasteiger partial charge on any atom is 0.229 e. The molecule has 1 aromatic heterocycles. The molecule has 0 saturated carbocycles. The first kappa shape index (κ1) is 45.2. The molecule has 4 aliphatic heterocycles. The maximum absolute atomic E-state index is 12.9. The van der Waals surface area contributed by atoms with E-state index in [0.717, 1.165) is 119 Å². The Morgan fingerprint density at radius 1 is 0.889 bits per heavy atom. The summed E-state index contributed by atoms with van der Waals surface area (Å²) in [6.45, 7) is 14.3. The lowest BCUT2D eigenvalue weighted by Gasteiger charge is -2.43. The van der Waals surface area contributed by atoms with Gasteiger partial charge in [-0.3, -0.25) is 4.90 Å². The van der Waals surface area contributed by atoms with Crippen molar-refractivity contribution >= 4 is 64.5 Å². The Hall–Kier alpha value is -4.41. The Bertz CT molecular complexity index is 2280. The zero-order chi connectivity index (χ0) is 43.8. The van der Waals surface area contributed by atoms with Gasteiger partial charge in [0.25, 0.3) is 0 Å². The molecule has 3 saturated heterocycles. The first-order chi connectivity index (χ1) is 30.7. The Labute approximate surface area is 379 Å². The van der Waals surface area contributed by atoms with E-state index in [4.69, 9.17) is 16.3 Å². The summed E-state index contributed by atoms with van der Waals surface area (Å²) in [4.78, 5) is 31.3. The molecule has 0 amide bonds.